The zero-order chi connectivity index (χ0) is 15.2. The summed E-state index contributed by atoms with van der Waals surface area (Å²) < 4.78 is 0. The normalized spacial score (nSPS) is 18.3. The summed E-state index contributed by atoms with van der Waals surface area (Å²) in [5.74, 6) is -0.478. The lowest BCUT2D eigenvalue weighted by Gasteiger charge is -2.32. The maximum atomic E-state index is 12.3. The summed E-state index contributed by atoms with van der Waals surface area (Å²) in [5, 5.41) is 11.7. The molecule has 2 N–H and O–H groups in total. The Balaban J connectivity index is 1.90. The number of hydrogen-bond donors (Lipinski definition) is 2. The average Bonchev–Trinajstić information content (AvgIpc) is 2.48. The number of urea groups is 1. The number of nitrogens with one attached hydrogen (secondary N) is 1. The Kier molecular flexibility index (Phi) is 5.20. The lowest BCUT2D eigenvalue weighted by atomic mass is 9.93. The van der Waals surface area contributed by atoms with Gasteiger partial charge in [0.25, 0.3) is 0 Å². The first-order chi connectivity index (χ1) is 10.1. The molecule has 0 aromatic heterocycles. The molecule has 1 aromatic rings. The van der Waals surface area contributed by atoms with Gasteiger partial charge in [0, 0.05) is 25.2 Å². The molecule has 1 aliphatic rings. The van der Waals surface area contributed by atoms with Gasteiger partial charge in [-0.2, -0.15) is 0 Å². The fraction of sp³-hybridized carbons (Fsp3) is 0.500. The topological polar surface area (TPSA) is 69.6 Å². The molecule has 2 amide bonds. The first kappa shape index (κ1) is 15.4. The second kappa shape index (κ2) is 7.11. The molecule has 1 heterocycles. The number of carboxylic acids is 1. The Labute approximate surface area is 125 Å². The lowest BCUT2D eigenvalue weighted by molar-refractivity contribution is -0.137. The van der Waals surface area contributed by atoms with Crippen LogP contribution in [0.2, 0.25) is 0 Å². The molecule has 1 aromatic carbocycles. The van der Waals surface area contributed by atoms with Crippen molar-refractivity contribution in [3.8, 4) is 0 Å². The summed E-state index contributed by atoms with van der Waals surface area (Å²) >= 11 is 0. The van der Waals surface area contributed by atoms with Crippen molar-refractivity contribution in [2.75, 3.05) is 18.4 Å². The summed E-state index contributed by atoms with van der Waals surface area (Å²) in [7, 11) is 0. The van der Waals surface area contributed by atoms with Gasteiger partial charge >= 0.3 is 12.0 Å². The molecule has 0 aliphatic carbocycles. The maximum Gasteiger partial charge on any atom is 0.321 e. The number of benzene rings is 1. The number of carbonyl (C=O) groups is 2. The average molecular weight is 290 g/mol. The van der Waals surface area contributed by atoms with Gasteiger partial charge in [-0.25, -0.2) is 4.79 Å². The van der Waals surface area contributed by atoms with Gasteiger partial charge in [0.2, 0.25) is 0 Å². The van der Waals surface area contributed by atoms with Crippen molar-refractivity contribution in [3.63, 3.8) is 0 Å². The van der Waals surface area contributed by atoms with E-state index in [9.17, 15) is 9.59 Å². The fourth-order valence-electron chi connectivity index (χ4n) is 2.72. The van der Waals surface area contributed by atoms with Crippen molar-refractivity contribution in [1.29, 1.82) is 0 Å². The highest BCUT2D eigenvalue weighted by atomic mass is 16.4. The van der Waals surface area contributed by atoms with Crippen LogP contribution in [0.1, 0.15) is 31.2 Å². The molecule has 0 spiro atoms. The Morgan fingerprint density at radius 3 is 2.86 bits per heavy atom. The first-order valence-corrected chi connectivity index (χ1v) is 7.39. The molecule has 114 valence electrons. The molecule has 1 saturated heterocycles. The second-order valence-corrected chi connectivity index (χ2v) is 5.63. The maximum absolute atomic E-state index is 12.3. The zero-order valence-electron chi connectivity index (χ0n) is 12.3. The van der Waals surface area contributed by atoms with Crippen molar-refractivity contribution >= 4 is 17.7 Å². The molecule has 21 heavy (non-hydrogen) atoms. The molecule has 0 radical (unpaired) electrons. The van der Waals surface area contributed by atoms with Crippen LogP contribution in [-0.4, -0.2) is 35.1 Å². The minimum Gasteiger partial charge on any atom is -0.481 e. The number of piperidine rings is 1. The fourth-order valence-corrected chi connectivity index (χ4v) is 2.72. The largest absolute Gasteiger partial charge is 0.481 e. The number of likely N-dealkylation sites (tertiary alicyclic amines) is 1. The quantitative estimate of drug-likeness (QED) is 0.895. The number of carbonyl (C=O) groups excluding carboxylic acids is 1. The van der Waals surface area contributed by atoms with Crippen molar-refractivity contribution in [2.24, 2.45) is 5.92 Å². The highest BCUT2D eigenvalue weighted by molar-refractivity contribution is 5.90. The number of aryl methyl sites for hydroxylation is 1. The molecule has 5 nitrogen and oxygen atoms in total. The van der Waals surface area contributed by atoms with E-state index in [1.807, 2.05) is 31.2 Å². The van der Waals surface area contributed by atoms with Gasteiger partial charge in [-0.05, 0) is 43.7 Å². The van der Waals surface area contributed by atoms with Crippen LogP contribution in [0.25, 0.3) is 0 Å². The second-order valence-electron chi connectivity index (χ2n) is 5.63. The molecular weight excluding hydrogens is 268 g/mol. The van der Waals surface area contributed by atoms with Crippen molar-refractivity contribution in [1.82, 2.24) is 4.90 Å². The van der Waals surface area contributed by atoms with Crippen LogP contribution in [-0.2, 0) is 4.79 Å². The van der Waals surface area contributed by atoms with E-state index in [2.05, 4.69) is 5.32 Å². The van der Waals surface area contributed by atoms with E-state index < -0.39 is 5.97 Å². The molecule has 0 bridgehead atoms. The number of hydrogen-bond acceptors (Lipinski definition) is 2. The van der Waals surface area contributed by atoms with Crippen LogP contribution < -0.4 is 5.32 Å². The Morgan fingerprint density at radius 2 is 2.14 bits per heavy atom. The van der Waals surface area contributed by atoms with E-state index in [4.69, 9.17) is 5.11 Å². The smallest absolute Gasteiger partial charge is 0.321 e. The summed E-state index contributed by atoms with van der Waals surface area (Å²) in [6, 6.07) is 7.59. The number of anilines is 1. The third-order valence-corrected chi connectivity index (χ3v) is 3.96. The molecule has 1 unspecified atom stereocenters. The van der Waals surface area contributed by atoms with E-state index in [0.717, 1.165) is 30.6 Å². The van der Waals surface area contributed by atoms with Crippen LogP contribution in [0, 0.1) is 12.8 Å². The summed E-state index contributed by atoms with van der Waals surface area (Å²) in [5.41, 5.74) is 1.86. The van der Waals surface area contributed by atoms with Crippen molar-refractivity contribution in [3.05, 3.63) is 29.8 Å². The van der Waals surface area contributed by atoms with E-state index >= 15 is 0 Å². The van der Waals surface area contributed by atoms with Crippen LogP contribution in [0.3, 0.4) is 0 Å². The predicted octanol–water partition coefficient (Wildman–Crippen LogP) is 3.10. The van der Waals surface area contributed by atoms with Gasteiger partial charge in [0.05, 0.1) is 0 Å². The predicted molar refractivity (Wildman–Crippen MR) is 81.4 cm³/mol. The van der Waals surface area contributed by atoms with E-state index in [0.29, 0.717) is 13.0 Å². The molecular formula is C16H22N2O3. The third kappa shape index (κ3) is 4.48. The molecule has 1 fully saturated rings. The number of rotatable bonds is 4. The van der Waals surface area contributed by atoms with Crippen molar-refractivity contribution in [2.45, 2.75) is 32.6 Å². The van der Waals surface area contributed by atoms with E-state index in [1.54, 1.807) is 4.90 Å². The Morgan fingerprint density at radius 1 is 1.38 bits per heavy atom. The van der Waals surface area contributed by atoms with E-state index in [-0.39, 0.29) is 18.4 Å². The van der Waals surface area contributed by atoms with Gasteiger partial charge in [-0.3, -0.25) is 4.79 Å². The summed E-state index contributed by atoms with van der Waals surface area (Å²) in [4.78, 5) is 24.7. The highest BCUT2D eigenvalue weighted by Crippen LogP contribution is 2.22. The lowest BCUT2D eigenvalue weighted by Crippen LogP contribution is -2.42. The number of amides is 2. The van der Waals surface area contributed by atoms with Gasteiger partial charge in [-0.15, -0.1) is 0 Å². The van der Waals surface area contributed by atoms with Gasteiger partial charge in [-0.1, -0.05) is 18.2 Å². The third-order valence-electron chi connectivity index (χ3n) is 3.96. The van der Waals surface area contributed by atoms with Gasteiger partial charge in [0.15, 0.2) is 0 Å². The van der Waals surface area contributed by atoms with E-state index in [1.165, 1.54) is 0 Å². The van der Waals surface area contributed by atoms with Crippen LogP contribution in [0.4, 0.5) is 10.5 Å². The standard InChI is InChI=1S/C16H22N2O3/c1-12-5-2-3-7-14(12)17-16(21)18-10-4-6-13(11-18)8-9-15(19)20/h2-3,5,7,13H,4,6,8-11H2,1H3,(H,17,21)(H,19,20). The van der Waals surface area contributed by atoms with Crippen LogP contribution in [0.15, 0.2) is 24.3 Å². The van der Waals surface area contributed by atoms with Crippen LogP contribution >= 0.6 is 0 Å². The summed E-state index contributed by atoms with van der Waals surface area (Å²) in [6.07, 6.45) is 2.76. The van der Waals surface area contributed by atoms with Gasteiger partial charge < -0.3 is 15.3 Å². The Hall–Kier alpha value is -2.04. The highest BCUT2D eigenvalue weighted by Gasteiger charge is 2.24. The number of para-hydroxylation sites is 1. The molecule has 2 rings (SSSR count). The molecule has 1 aliphatic heterocycles. The Bertz CT molecular complexity index is 516. The van der Waals surface area contributed by atoms with Crippen LogP contribution in [0.5, 0.6) is 0 Å². The molecule has 0 saturated carbocycles. The molecule has 5 heteroatoms. The number of nitrogens with zero attached hydrogens (tertiary/aromatic N) is 1. The van der Waals surface area contributed by atoms with Gasteiger partial charge in [0.1, 0.15) is 0 Å². The molecule has 1 atom stereocenters. The minimum atomic E-state index is -0.767. The SMILES string of the molecule is Cc1ccccc1NC(=O)N1CCCC(CCC(=O)O)C1. The number of aliphatic carboxylic acids is 1. The summed E-state index contributed by atoms with van der Waals surface area (Å²) in [6.45, 7) is 3.34. The number of carboxylic acid groups (broad SMARTS) is 1. The minimum absolute atomic E-state index is 0.0932. The monoisotopic (exact) mass is 290 g/mol. The zero-order valence-corrected chi connectivity index (χ0v) is 12.3. The van der Waals surface area contributed by atoms with Crippen molar-refractivity contribution < 1.29 is 14.7 Å². The first-order valence-electron chi connectivity index (χ1n) is 7.39.